The van der Waals surface area contributed by atoms with Crippen molar-refractivity contribution in [3.8, 4) is 5.75 Å². The van der Waals surface area contributed by atoms with E-state index < -0.39 is 23.4 Å². The monoisotopic (exact) mass is 411 g/mol. The maximum Gasteiger partial charge on any atom is 0.246 e. The molecule has 0 bridgehead atoms. The van der Waals surface area contributed by atoms with Crippen molar-refractivity contribution in [1.29, 1.82) is 0 Å². The summed E-state index contributed by atoms with van der Waals surface area (Å²) in [7, 11) is 3.19. The van der Waals surface area contributed by atoms with Crippen molar-refractivity contribution < 1.29 is 18.5 Å². The van der Waals surface area contributed by atoms with Crippen LogP contribution in [0.2, 0.25) is 5.02 Å². The van der Waals surface area contributed by atoms with Crippen LogP contribution in [0.5, 0.6) is 5.75 Å². The van der Waals surface area contributed by atoms with E-state index in [4.69, 9.17) is 16.3 Å². The second-order valence-corrected chi connectivity index (χ2v) is 7.83. The van der Waals surface area contributed by atoms with Crippen molar-refractivity contribution in [3.05, 3.63) is 58.9 Å². The van der Waals surface area contributed by atoms with Crippen LogP contribution in [0.15, 0.2) is 42.5 Å². The molecule has 3 atom stereocenters. The van der Waals surface area contributed by atoms with E-state index in [9.17, 15) is 13.7 Å². The van der Waals surface area contributed by atoms with Crippen LogP contribution in [0.3, 0.4) is 0 Å². The zero-order valence-corrected chi connectivity index (χ0v) is 16.3. The van der Waals surface area contributed by atoms with Crippen LogP contribution < -0.4 is 14.8 Å². The Kier molecular flexibility index (Phi) is 6.23. The molecule has 2 aromatic carbocycles. The van der Waals surface area contributed by atoms with Gasteiger partial charge in [0.05, 0.1) is 18.2 Å². The van der Waals surface area contributed by atoms with Gasteiger partial charge in [0.15, 0.2) is 0 Å². The van der Waals surface area contributed by atoms with E-state index in [-0.39, 0.29) is 17.0 Å². The van der Waals surface area contributed by atoms with Crippen LogP contribution in [0.4, 0.5) is 10.1 Å². The number of carbonyl (C=O) groups is 1. The lowest BCUT2D eigenvalue weighted by Gasteiger charge is -2.36. The van der Waals surface area contributed by atoms with E-state index in [1.807, 2.05) is 24.3 Å². The molecule has 2 aromatic rings. The molecule has 0 radical (unpaired) electrons. The quantitative estimate of drug-likeness (QED) is 0.756. The zero-order valence-electron chi connectivity index (χ0n) is 14.7. The first-order valence-electron chi connectivity index (χ1n) is 8.20. The van der Waals surface area contributed by atoms with Gasteiger partial charge in [0, 0.05) is 19.2 Å². The van der Waals surface area contributed by atoms with Gasteiger partial charge in [-0.1, -0.05) is 28.0 Å². The molecule has 1 aliphatic rings. The highest BCUT2D eigenvalue weighted by molar-refractivity contribution is 7.87. The Morgan fingerprint density at radius 1 is 1.37 bits per heavy atom. The number of nitrogens with zero attached hydrogens (tertiary/aromatic N) is 1. The number of amides is 1. The van der Waals surface area contributed by atoms with E-state index in [0.717, 1.165) is 11.3 Å². The number of carbonyl (C=O) groups excluding carboxylic acids is 1. The molecule has 9 heteroatoms. The number of ether oxygens (including phenoxy) is 1. The number of benzene rings is 2. The van der Waals surface area contributed by atoms with Gasteiger partial charge >= 0.3 is 0 Å². The second-order valence-electron chi connectivity index (χ2n) is 6.11. The lowest BCUT2D eigenvalue weighted by molar-refractivity contribution is -0.120. The summed E-state index contributed by atoms with van der Waals surface area (Å²) in [6.07, 6.45) is 0.412. The summed E-state index contributed by atoms with van der Waals surface area (Å²) >= 11 is 4.22. The standard InChI is InChI=1S/C18H19ClFN3O3S/c1-23-17(18(24)21-12-5-8-15(20)14(19)9-12)10-16(22-27(23)25)11-3-6-13(26-2)7-4-11/h3-9,16-17,22H,10H2,1-2H3,(H,21,24). The summed E-state index contributed by atoms with van der Waals surface area (Å²) in [5.74, 6) is -0.182. The van der Waals surface area contributed by atoms with Gasteiger partial charge < -0.3 is 14.6 Å². The first-order chi connectivity index (χ1) is 12.9. The normalized spacial score (nSPS) is 23.1. The number of hydrogen-bond donors (Lipinski definition) is 2. The third-order valence-electron chi connectivity index (χ3n) is 4.41. The Bertz CT molecular complexity index is 824. The minimum atomic E-state index is -1.53. The molecule has 0 aromatic heterocycles. The van der Waals surface area contributed by atoms with Crippen LogP contribution in [-0.4, -0.2) is 35.0 Å². The molecule has 27 heavy (non-hydrogen) atoms. The first-order valence-corrected chi connectivity index (χ1v) is 9.68. The molecular formula is C18H19ClFN3O3S. The fourth-order valence-corrected chi connectivity index (χ4v) is 4.09. The van der Waals surface area contributed by atoms with E-state index in [1.54, 1.807) is 14.2 Å². The zero-order chi connectivity index (χ0) is 19.6. The summed E-state index contributed by atoms with van der Waals surface area (Å²) < 4.78 is 35.3. The van der Waals surface area contributed by atoms with Gasteiger partial charge in [0.2, 0.25) is 5.91 Å². The second kappa shape index (κ2) is 8.45. The van der Waals surface area contributed by atoms with Crippen LogP contribution in [0.25, 0.3) is 0 Å². The van der Waals surface area contributed by atoms with Gasteiger partial charge in [-0.05, 0) is 35.9 Å². The largest absolute Gasteiger partial charge is 0.579 e. The topological polar surface area (TPSA) is 76.7 Å². The number of hydrogen-bond acceptors (Lipinski definition) is 5. The van der Waals surface area contributed by atoms with E-state index in [2.05, 4.69) is 10.0 Å². The predicted molar refractivity (Wildman–Crippen MR) is 103 cm³/mol. The summed E-state index contributed by atoms with van der Waals surface area (Å²) in [6, 6.07) is 10.4. The highest BCUT2D eigenvalue weighted by Gasteiger charge is 2.41. The van der Waals surface area contributed by atoms with Crippen molar-refractivity contribution in [2.75, 3.05) is 19.5 Å². The minimum Gasteiger partial charge on any atom is -0.579 e. The van der Waals surface area contributed by atoms with Gasteiger partial charge in [-0.15, -0.1) is 4.72 Å². The van der Waals surface area contributed by atoms with Gasteiger partial charge in [0.25, 0.3) is 0 Å². The molecule has 0 aliphatic carbocycles. The van der Waals surface area contributed by atoms with Crippen LogP contribution >= 0.6 is 11.6 Å². The van der Waals surface area contributed by atoms with E-state index in [1.165, 1.54) is 22.5 Å². The first kappa shape index (κ1) is 19.9. The fraction of sp³-hybridized carbons (Fsp3) is 0.278. The molecule has 2 N–H and O–H groups in total. The summed E-state index contributed by atoms with van der Waals surface area (Å²) in [4.78, 5) is 12.7. The average molecular weight is 412 g/mol. The van der Waals surface area contributed by atoms with E-state index >= 15 is 0 Å². The Labute approximate surface area is 165 Å². The number of nitrogens with one attached hydrogen (secondary N) is 2. The Balaban J connectivity index is 1.75. The average Bonchev–Trinajstić information content (AvgIpc) is 2.66. The van der Waals surface area contributed by atoms with Crippen molar-refractivity contribution in [1.82, 2.24) is 9.03 Å². The van der Waals surface area contributed by atoms with Crippen molar-refractivity contribution >= 4 is 34.7 Å². The highest BCUT2D eigenvalue weighted by atomic mass is 35.5. The fourth-order valence-electron chi connectivity index (χ4n) is 2.85. The molecule has 3 unspecified atom stereocenters. The summed E-state index contributed by atoms with van der Waals surface area (Å²) in [5, 5.41) is 2.63. The lowest BCUT2D eigenvalue weighted by atomic mass is 9.99. The SMILES string of the molecule is COc1ccc(C2CC(C(=O)Nc3ccc(F)c(Cl)c3)N(C)[S+]([O-])N2)cc1. The lowest BCUT2D eigenvalue weighted by Crippen LogP contribution is -2.55. The Morgan fingerprint density at radius 2 is 2.07 bits per heavy atom. The Morgan fingerprint density at radius 3 is 2.70 bits per heavy atom. The summed E-state index contributed by atoms with van der Waals surface area (Å²) in [5.41, 5.74) is 1.28. The van der Waals surface area contributed by atoms with Gasteiger partial charge in [0.1, 0.15) is 29.2 Å². The van der Waals surface area contributed by atoms with Crippen LogP contribution in [0, 0.1) is 5.82 Å². The maximum atomic E-state index is 13.3. The highest BCUT2D eigenvalue weighted by Crippen LogP contribution is 2.29. The summed E-state index contributed by atoms with van der Waals surface area (Å²) in [6.45, 7) is 0. The number of rotatable bonds is 4. The molecule has 1 amide bonds. The third kappa shape index (κ3) is 4.53. The van der Waals surface area contributed by atoms with Crippen molar-refractivity contribution in [3.63, 3.8) is 0 Å². The molecule has 1 fully saturated rings. The number of methoxy groups -OCH3 is 1. The molecule has 1 heterocycles. The van der Waals surface area contributed by atoms with E-state index in [0.29, 0.717) is 12.1 Å². The molecule has 1 saturated heterocycles. The number of halogens is 2. The van der Waals surface area contributed by atoms with Crippen LogP contribution in [0.1, 0.15) is 18.0 Å². The number of anilines is 1. The molecule has 144 valence electrons. The predicted octanol–water partition coefficient (Wildman–Crippen LogP) is 3.04. The molecule has 0 spiro atoms. The van der Waals surface area contributed by atoms with Gasteiger partial charge in [-0.2, -0.15) is 0 Å². The number of likely N-dealkylation sites (N-methyl/N-ethyl adjacent to an activating group) is 1. The van der Waals surface area contributed by atoms with Gasteiger partial charge in [-0.3, -0.25) is 4.79 Å². The minimum absolute atomic E-state index is 0.0776. The maximum absolute atomic E-state index is 13.3. The molecule has 1 aliphatic heterocycles. The van der Waals surface area contributed by atoms with Gasteiger partial charge in [-0.25, -0.2) is 4.39 Å². The Hall–Kier alpha value is -1.84. The molecular weight excluding hydrogens is 393 g/mol. The van der Waals surface area contributed by atoms with Crippen molar-refractivity contribution in [2.45, 2.75) is 18.5 Å². The van der Waals surface area contributed by atoms with Crippen LogP contribution in [-0.2, 0) is 16.3 Å². The molecule has 3 rings (SSSR count). The molecule has 0 saturated carbocycles. The third-order valence-corrected chi connectivity index (χ3v) is 5.96. The smallest absolute Gasteiger partial charge is 0.246 e. The van der Waals surface area contributed by atoms with Crippen molar-refractivity contribution in [2.24, 2.45) is 0 Å². The molecule has 6 nitrogen and oxygen atoms in total.